The SMILES string of the molecule is OCc1nn2c(c1CO)CC1c3nc(cc4ccc([nH]4)c(-c4ccccc4)c4nc(cc5ccc([nH]5)c3-c3ccccc3)C=C4)C1C2. The van der Waals surface area contributed by atoms with E-state index in [2.05, 4.69) is 107 Å². The summed E-state index contributed by atoms with van der Waals surface area (Å²) < 4.78 is 1.97. The number of nitrogens with one attached hydrogen (secondary N) is 2. The monoisotopic (exact) mass is 616 g/mol. The third-order valence-corrected chi connectivity index (χ3v) is 9.67. The number of hydrogen-bond donors (Lipinski definition) is 4. The summed E-state index contributed by atoms with van der Waals surface area (Å²) in [6.45, 7) is 0.237. The fraction of sp³-hybridized carbons (Fsp3) is 0.154. The Morgan fingerprint density at radius 3 is 2.09 bits per heavy atom. The predicted octanol–water partition coefficient (Wildman–Crippen LogP) is 7.12. The average molecular weight is 617 g/mol. The Hall–Kier alpha value is -5.57. The maximum atomic E-state index is 10.3. The molecule has 47 heavy (non-hydrogen) atoms. The van der Waals surface area contributed by atoms with E-state index in [-0.39, 0.29) is 25.0 Å². The number of aliphatic hydroxyl groups excluding tert-OH is 2. The first-order valence-electron chi connectivity index (χ1n) is 16.0. The van der Waals surface area contributed by atoms with Gasteiger partial charge in [-0.05, 0) is 66.1 Å². The van der Waals surface area contributed by atoms with Gasteiger partial charge in [-0.3, -0.25) is 9.67 Å². The first-order valence-corrected chi connectivity index (χ1v) is 16.0. The lowest BCUT2D eigenvalue weighted by atomic mass is 9.80. The average Bonchev–Trinajstić information content (AvgIpc) is 3.95. The van der Waals surface area contributed by atoms with Crippen LogP contribution in [0.15, 0.2) is 97.1 Å². The summed E-state index contributed by atoms with van der Waals surface area (Å²) in [5.41, 5.74) is 14.1. The number of benzene rings is 2. The number of nitrogens with zero attached hydrogens (tertiary/aromatic N) is 4. The van der Waals surface area contributed by atoms with E-state index in [4.69, 9.17) is 15.1 Å². The molecule has 4 aromatic heterocycles. The van der Waals surface area contributed by atoms with E-state index in [9.17, 15) is 10.2 Å². The van der Waals surface area contributed by atoms with Gasteiger partial charge >= 0.3 is 0 Å². The topological polar surface area (TPSA) is 116 Å². The first-order chi connectivity index (χ1) is 23.2. The molecule has 3 aliphatic rings. The van der Waals surface area contributed by atoms with Crippen LogP contribution in [0.2, 0.25) is 0 Å². The van der Waals surface area contributed by atoms with Gasteiger partial charge in [0.1, 0.15) is 0 Å². The molecule has 0 radical (unpaired) electrons. The van der Waals surface area contributed by atoms with Crippen molar-refractivity contribution in [2.75, 3.05) is 0 Å². The minimum atomic E-state index is -0.206. The van der Waals surface area contributed by atoms with E-state index in [1.807, 2.05) is 16.8 Å². The van der Waals surface area contributed by atoms with Crippen molar-refractivity contribution in [2.45, 2.75) is 38.0 Å². The molecule has 3 aliphatic heterocycles. The van der Waals surface area contributed by atoms with Crippen LogP contribution >= 0.6 is 0 Å². The second-order valence-corrected chi connectivity index (χ2v) is 12.4. The van der Waals surface area contributed by atoms with Crippen molar-refractivity contribution in [3.63, 3.8) is 0 Å². The molecule has 2 aromatic carbocycles. The molecule has 0 amide bonds. The predicted molar refractivity (Wildman–Crippen MR) is 184 cm³/mol. The van der Waals surface area contributed by atoms with E-state index in [1.165, 1.54) is 0 Å². The number of aliphatic hydroxyl groups is 2. The highest BCUT2D eigenvalue weighted by Gasteiger charge is 2.40. The van der Waals surface area contributed by atoms with E-state index < -0.39 is 0 Å². The van der Waals surface area contributed by atoms with Crippen LogP contribution in [0.1, 0.15) is 51.6 Å². The number of fused-ring (bicyclic) bond motifs is 12. The van der Waals surface area contributed by atoms with Gasteiger partial charge in [0.2, 0.25) is 0 Å². The minimum absolute atomic E-state index is 0.0451. The highest BCUT2D eigenvalue weighted by atomic mass is 16.3. The molecule has 8 heteroatoms. The van der Waals surface area contributed by atoms with Crippen LogP contribution in [0.5, 0.6) is 0 Å². The Morgan fingerprint density at radius 2 is 1.38 bits per heavy atom. The van der Waals surface area contributed by atoms with E-state index in [0.717, 1.165) is 78.4 Å². The molecule has 0 aliphatic carbocycles. The molecule has 7 heterocycles. The van der Waals surface area contributed by atoms with Gasteiger partial charge in [0.15, 0.2) is 0 Å². The summed E-state index contributed by atoms with van der Waals surface area (Å²) in [5.74, 6) is 0.0951. The lowest BCUT2D eigenvalue weighted by Gasteiger charge is -2.28. The smallest absolute Gasteiger partial charge is 0.0936 e. The second-order valence-electron chi connectivity index (χ2n) is 12.4. The third-order valence-electron chi connectivity index (χ3n) is 9.67. The van der Waals surface area contributed by atoms with Gasteiger partial charge in [-0.15, -0.1) is 0 Å². The summed E-state index contributed by atoms with van der Waals surface area (Å²) in [6.07, 6.45) is 4.80. The molecule has 9 rings (SSSR count). The molecule has 0 saturated heterocycles. The van der Waals surface area contributed by atoms with E-state index in [0.29, 0.717) is 18.7 Å². The highest BCUT2D eigenvalue weighted by molar-refractivity contribution is 5.91. The second kappa shape index (κ2) is 11.0. The normalized spacial score (nSPS) is 16.6. The van der Waals surface area contributed by atoms with E-state index in [1.54, 1.807) is 0 Å². The molecule has 8 bridgehead atoms. The molecule has 2 atom stereocenters. The van der Waals surface area contributed by atoms with E-state index >= 15 is 0 Å². The molecule has 6 aromatic rings. The summed E-state index contributed by atoms with van der Waals surface area (Å²) in [7, 11) is 0. The van der Waals surface area contributed by atoms with Crippen LogP contribution in [0.4, 0.5) is 0 Å². The van der Waals surface area contributed by atoms with Crippen LogP contribution < -0.4 is 0 Å². The number of aromatic amines is 2. The molecule has 0 spiro atoms. The number of rotatable bonds is 4. The maximum absolute atomic E-state index is 10.3. The lowest BCUT2D eigenvalue weighted by molar-refractivity contribution is 0.256. The number of aromatic nitrogens is 6. The van der Waals surface area contributed by atoms with Crippen molar-refractivity contribution in [1.82, 2.24) is 29.7 Å². The maximum Gasteiger partial charge on any atom is 0.0936 e. The van der Waals surface area contributed by atoms with Gasteiger partial charge in [0, 0.05) is 62.0 Å². The molecular weight excluding hydrogens is 584 g/mol. The van der Waals surface area contributed by atoms with Crippen molar-refractivity contribution in [1.29, 1.82) is 0 Å². The van der Waals surface area contributed by atoms with Crippen molar-refractivity contribution in [3.05, 3.63) is 137 Å². The molecule has 230 valence electrons. The van der Waals surface area contributed by atoms with Gasteiger partial charge in [0.05, 0.1) is 42.5 Å². The largest absolute Gasteiger partial charge is 0.392 e. The summed E-state index contributed by atoms with van der Waals surface area (Å²) >= 11 is 0. The molecule has 8 nitrogen and oxygen atoms in total. The Kier molecular flexibility index (Phi) is 6.51. The van der Waals surface area contributed by atoms with Gasteiger partial charge in [-0.2, -0.15) is 5.10 Å². The fourth-order valence-electron chi connectivity index (χ4n) is 7.51. The minimum Gasteiger partial charge on any atom is -0.392 e. The number of hydrogen-bond acceptors (Lipinski definition) is 5. The Bertz CT molecular complexity index is 2350. The van der Waals surface area contributed by atoms with Gasteiger partial charge < -0.3 is 20.2 Å². The van der Waals surface area contributed by atoms with Gasteiger partial charge in [-0.25, -0.2) is 4.98 Å². The number of H-pyrrole nitrogens is 2. The highest BCUT2D eigenvalue weighted by Crippen LogP contribution is 2.47. The van der Waals surface area contributed by atoms with Crippen LogP contribution in [0.3, 0.4) is 0 Å². The zero-order valence-electron chi connectivity index (χ0n) is 25.6. The van der Waals surface area contributed by atoms with Crippen molar-refractivity contribution in [3.8, 4) is 22.3 Å². The Labute approximate surface area is 270 Å². The van der Waals surface area contributed by atoms with Gasteiger partial charge in [-0.1, -0.05) is 60.7 Å². The lowest BCUT2D eigenvalue weighted by Crippen LogP contribution is -2.25. The Morgan fingerprint density at radius 1 is 0.702 bits per heavy atom. The molecule has 0 fully saturated rings. The zero-order chi connectivity index (χ0) is 31.5. The van der Waals surface area contributed by atoms with Crippen molar-refractivity contribution < 1.29 is 10.2 Å². The molecule has 4 N–H and O–H groups in total. The van der Waals surface area contributed by atoms with Crippen LogP contribution in [-0.4, -0.2) is 39.9 Å². The molecular formula is C39H32N6O2. The van der Waals surface area contributed by atoms with Gasteiger partial charge in [0.25, 0.3) is 0 Å². The van der Waals surface area contributed by atoms with Crippen LogP contribution in [0, 0.1) is 0 Å². The van der Waals surface area contributed by atoms with Crippen LogP contribution in [0.25, 0.3) is 56.5 Å². The first kappa shape index (κ1) is 27.7. The third kappa shape index (κ3) is 4.64. The Balaban J connectivity index is 1.37. The van der Waals surface area contributed by atoms with Crippen LogP contribution in [-0.2, 0) is 26.2 Å². The summed E-state index contributed by atoms with van der Waals surface area (Å²) in [4.78, 5) is 17.9. The molecule has 0 saturated carbocycles. The van der Waals surface area contributed by atoms with Crippen molar-refractivity contribution in [2.24, 2.45) is 0 Å². The quantitative estimate of drug-likeness (QED) is 0.168. The standard InChI is InChI=1S/C39H32N6O2/c46-21-30-35(22-47)44-45-20-29-28(19-36(30)45)39-38(24-9-5-2-6-10-24)33-16-12-26(41-33)17-25-11-14-31(40-25)37(23-7-3-1-4-8-23)32-15-13-27(42-32)18-34(29)43-39/h1-18,28-29,41-42,46-47H,19-22H2. The summed E-state index contributed by atoms with van der Waals surface area (Å²) in [6, 6.07) is 33.5. The van der Waals surface area contributed by atoms with Crippen molar-refractivity contribution >= 4 is 34.2 Å². The fourth-order valence-corrected chi connectivity index (χ4v) is 7.51. The zero-order valence-corrected chi connectivity index (χ0v) is 25.6. The summed E-state index contributed by atoms with van der Waals surface area (Å²) in [5, 5.41) is 25.1. The molecule has 2 unspecified atom stereocenters.